The Bertz CT molecular complexity index is 1340. The van der Waals surface area contributed by atoms with E-state index in [9.17, 15) is 8.42 Å². The maximum atomic E-state index is 12.9. The second-order valence-corrected chi connectivity index (χ2v) is 9.18. The normalized spacial score (nSPS) is 12.7. The van der Waals surface area contributed by atoms with Gasteiger partial charge in [0.05, 0.1) is 10.6 Å². The predicted octanol–water partition coefficient (Wildman–Crippen LogP) is 5.14. The van der Waals surface area contributed by atoms with Crippen LogP contribution in [0.1, 0.15) is 25.2 Å². The molecule has 0 unspecified atom stereocenters. The van der Waals surface area contributed by atoms with Gasteiger partial charge in [-0.25, -0.2) is 0 Å². The van der Waals surface area contributed by atoms with Crippen LogP contribution in [0.4, 0.5) is 0 Å². The van der Waals surface area contributed by atoms with E-state index >= 15 is 0 Å². The third-order valence-electron chi connectivity index (χ3n) is 4.97. The zero-order valence-corrected chi connectivity index (χ0v) is 18.2. The molecule has 0 saturated heterocycles. The van der Waals surface area contributed by atoms with Crippen molar-refractivity contribution in [1.82, 2.24) is 4.57 Å². The fourth-order valence-corrected chi connectivity index (χ4v) is 5.62. The zero-order valence-electron chi connectivity index (χ0n) is 16.5. The maximum Gasteiger partial charge on any atom is 0.285 e. The lowest BCUT2D eigenvalue weighted by Gasteiger charge is -2.06. The van der Waals surface area contributed by atoms with Crippen LogP contribution in [-0.4, -0.2) is 13.0 Å². The Labute approximate surface area is 174 Å². The summed E-state index contributed by atoms with van der Waals surface area (Å²) in [6.07, 6.45) is 0.861. The first-order chi connectivity index (χ1) is 13.9. The smallest absolute Gasteiger partial charge is 0.285 e. The van der Waals surface area contributed by atoms with Gasteiger partial charge in [-0.3, -0.25) is 0 Å². The summed E-state index contributed by atoms with van der Waals surface area (Å²) < 4.78 is 37.7. The van der Waals surface area contributed by atoms with Gasteiger partial charge in [0.15, 0.2) is 0 Å². The van der Waals surface area contributed by atoms with Crippen molar-refractivity contribution in [2.24, 2.45) is 4.40 Å². The molecule has 0 atom stereocenters. The van der Waals surface area contributed by atoms with Crippen molar-refractivity contribution in [2.45, 2.75) is 38.6 Å². The van der Waals surface area contributed by atoms with Gasteiger partial charge >= 0.3 is 0 Å². The number of nitrogens with zero attached hydrogens (tertiary/aromatic N) is 2. The molecule has 0 spiro atoms. The molecule has 7 heteroatoms. The van der Waals surface area contributed by atoms with E-state index in [0.29, 0.717) is 11.3 Å². The highest BCUT2D eigenvalue weighted by molar-refractivity contribution is 7.90. The Morgan fingerprint density at radius 3 is 2.48 bits per heavy atom. The number of sulfonamides is 1. The molecule has 4 aromatic rings. The number of aryl methyl sites for hydroxylation is 2. The maximum absolute atomic E-state index is 12.9. The molecule has 2 aromatic carbocycles. The molecular weight excluding hydrogens is 404 g/mol. The van der Waals surface area contributed by atoms with Crippen LogP contribution in [0.3, 0.4) is 0 Å². The van der Waals surface area contributed by atoms with E-state index in [4.69, 9.17) is 4.42 Å². The van der Waals surface area contributed by atoms with Crippen LogP contribution >= 0.6 is 11.3 Å². The predicted molar refractivity (Wildman–Crippen MR) is 116 cm³/mol. The van der Waals surface area contributed by atoms with Gasteiger partial charge in [0.1, 0.15) is 11.3 Å². The van der Waals surface area contributed by atoms with Gasteiger partial charge in [0.25, 0.3) is 10.0 Å². The minimum Gasteiger partial charge on any atom is -0.461 e. The van der Waals surface area contributed by atoms with Gasteiger partial charge in [0, 0.05) is 22.9 Å². The van der Waals surface area contributed by atoms with Gasteiger partial charge in [-0.15, -0.1) is 15.7 Å². The molecule has 0 aliphatic carbocycles. The molecule has 5 nitrogen and oxygen atoms in total. The number of furan rings is 1. The second kappa shape index (κ2) is 7.65. The lowest BCUT2D eigenvalue weighted by atomic mass is 10.1. The van der Waals surface area contributed by atoms with Crippen molar-refractivity contribution in [2.75, 3.05) is 0 Å². The van der Waals surface area contributed by atoms with Gasteiger partial charge < -0.3 is 8.98 Å². The van der Waals surface area contributed by atoms with E-state index in [1.807, 2.05) is 67.1 Å². The first-order valence-corrected chi connectivity index (χ1v) is 11.8. The van der Waals surface area contributed by atoms with Gasteiger partial charge in [-0.1, -0.05) is 37.3 Å². The van der Waals surface area contributed by atoms with Crippen molar-refractivity contribution in [3.8, 4) is 11.3 Å². The Balaban J connectivity index is 1.86. The fourth-order valence-electron chi connectivity index (χ4n) is 3.45. The molecule has 0 N–H and O–H groups in total. The topological polar surface area (TPSA) is 64.6 Å². The number of benzene rings is 2. The van der Waals surface area contributed by atoms with Crippen LogP contribution in [0, 0.1) is 6.92 Å². The Kier molecular flexibility index (Phi) is 5.19. The monoisotopic (exact) mass is 426 g/mol. The van der Waals surface area contributed by atoms with Gasteiger partial charge in [-0.05, 0) is 44.0 Å². The number of hydrogen-bond donors (Lipinski definition) is 0. The molecule has 0 aliphatic heterocycles. The van der Waals surface area contributed by atoms with E-state index in [1.54, 1.807) is 12.1 Å². The quantitative estimate of drug-likeness (QED) is 0.444. The zero-order chi connectivity index (χ0) is 20.6. The average molecular weight is 427 g/mol. The molecule has 0 aliphatic rings. The first-order valence-electron chi connectivity index (χ1n) is 9.51. The van der Waals surface area contributed by atoms with E-state index in [-0.39, 0.29) is 4.90 Å². The van der Waals surface area contributed by atoms with Crippen LogP contribution in [0.15, 0.2) is 67.6 Å². The highest BCUT2D eigenvalue weighted by Gasteiger charge is 2.19. The molecule has 2 heterocycles. The molecule has 29 heavy (non-hydrogen) atoms. The molecular formula is C22H22N2O3S2. The average Bonchev–Trinajstić information content (AvgIpc) is 3.26. The minimum atomic E-state index is -3.79. The number of rotatable bonds is 5. The molecule has 0 fully saturated rings. The summed E-state index contributed by atoms with van der Waals surface area (Å²) in [5.74, 6) is 0.802. The van der Waals surface area contributed by atoms with Crippen molar-refractivity contribution >= 4 is 32.3 Å². The molecule has 0 saturated carbocycles. The van der Waals surface area contributed by atoms with Gasteiger partial charge in [0.2, 0.25) is 4.80 Å². The van der Waals surface area contributed by atoms with Crippen molar-refractivity contribution in [3.63, 3.8) is 0 Å². The Morgan fingerprint density at radius 2 is 1.79 bits per heavy atom. The standard InChI is InChI=1S/C22H22N2O3S2/c1-4-16-10-12-17(13-11-16)29(25,26)23-22-24(5-2)19(14-28-22)21-15(3)27-20-9-7-6-8-18(20)21/h6-14H,4-5H2,1-3H3/b23-22+. The summed E-state index contributed by atoms with van der Waals surface area (Å²) in [5, 5.41) is 2.96. The summed E-state index contributed by atoms with van der Waals surface area (Å²) in [7, 11) is -3.79. The largest absolute Gasteiger partial charge is 0.461 e. The molecule has 150 valence electrons. The van der Waals surface area contributed by atoms with Crippen LogP contribution in [-0.2, 0) is 23.0 Å². The molecule has 2 aromatic heterocycles. The Hall–Kier alpha value is -2.64. The number of hydrogen-bond acceptors (Lipinski definition) is 4. The Morgan fingerprint density at radius 1 is 1.07 bits per heavy atom. The lowest BCUT2D eigenvalue weighted by molar-refractivity contribution is 0.579. The number of aromatic nitrogens is 1. The number of para-hydroxylation sites is 1. The molecule has 0 amide bonds. The highest BCUT2D eigenvalue weighted by atomic mass is 32.2. The molecule has 0 radical (unpaired) electrons. The third-order valence-corrected chi connectivity index (χ3v) is 7.23. The van der Waals surface area contributed by atoms with Crippen LogP contribution in [0.2, 0.25) is 0 Å². The van der Waals surface area contributed by atoms with Crippen molar-refractivity contribution in [3.05, 3.63) is 70.0 Å². The fraction of sp³-hybridized carbons (Fsp3) is 0.227. The third kappa shape index (κ3) is 3.56. The summed E-state index contributed by atoms with van der Waals surface area (Å²) >= 11 is 1.32. The van der Waals surface area contributed by atoms with Crippen LogP contribution in [0.25, 0.3) is 22.2 Å². The summed E-state index contributed by atoms with van der Waals surface area (Å²) in [6, 6.07) is 14.8. The van der Waals surface area contributed by atoms with E-state index in [0.717, 1.165) is 40.0 Å². The SMILES string of the molecule is CCc1ccc(S(=O)(=O)/N=c2/scc(-c3c(C)oc4ccccc34)n2CC)cc1. The second-order valence-electron chi connectivity index (χ2n) is 6.74. The molecule has 4 rings (SSSR count). The van der Waals surface area contributed by atoms with E-state index < -0.39 is 10.0 Å². The summed E-state index contributed by atoms with van der Waals surface area (Å²) in [5.41, 5.74) is 3.80. The molecule has 0 bridgehead atoms. The number of fused-ring (bicyclic) bond motifs is 1. The van der Waals surface area contributed by atoms with Crippen LogP contribution < -0.4 is 4.80 Å². The summed E-state index contributed by atoms with van der Waals surface area (Å²) in [4.78, 5) is 0.656. The van der Waals surface area contributed by atoms with Gasteiger partial charge in [-0.2, -0.15) is 8.42 Å². The van der Waals surface area contributed by atoms with E-state index in [1.165, 1.54) is 11.3 Å². The van der Waals surface area contributed by atoms with Crippen LogP contribution in [0.5, 0.6) is 0 Å². The summed E-state index contributed by atoms with van der Waals surface area (Å²) in [6.45, 7) is 6.54. The highest BCUT2D eigenvalue weighted by Crippen LogP contribution is 2.34. The lowest BCUT2D eigenvalue weighted by Crippen LogP contribution is -2.17. The van der Waals surface area contributed by atoms with E-state index in [2.05, 4.69) is 4.40 Å². The number of thiazole rings is 1. The first kappa shape index (κ1) is 19.7. The van der Waals surface area contributed by atoms with Crippen molar-refractivity contribution < 1.29 is 12.8 Å². The minimum absolute atomic E-state index is 0.206. The van der Waals surface area contributed by atoms with Crippen molar-refractivity contribution in [1.29, 1.82) is 0 Å².